The van der Waals surface area contributed by atoms with E-state index in [2.05, 4.69) is 5.32 Å². The molecule has 2 aromatic carbocycles. The zero-order valence-electron chi connectivity index (χ0n) is 8.18. The van der Waals surface area contributed by atoms with Crippen molar-refractivity contribution in [3.63, 3.8) is 0 Å². The third-order valence-electron chi connectivity index (χ3n) is 2.07. The Morgan fingerprint density at radius 3 is 1.88 bits per heavy atom. The van der Waals surface area contributed by atoms with E-state index in [1.807, 2.05) is 48.5 Å². The summed E-state index contributed by atoms with van der Waals surface area (Å²) in [6.07, 6.45) is 0. The summed E-state index contributed by atoms with van der Waals surface area (Å²) >= 11 is 0. The van der Waals surface area contributed by atoms with E-state index >= 15 is 0 Å². The summed E-state index contributed by atoms with van der Waals surface area (Å²) in [6.45, 7) is 0. The van der Waals surface area contributed by atoms with Crippen LogP contribution in [-0.2, 0) is 0 Å². The van der Waals surface area contributed by atoms with E-state index in [0.29, 0.717) is 5.56 Å². The van der Waals surface area contributed by atoms with Crippen molar-refractivity contribution in [2.24, 2.45) is 0 Å². The van der Waals surface area contributed by atoms with Crippen molar-refractivity contribution in [2.45, 2.75) is 0 Å². The molecule has 0 bridgehead atoms. The molecule has 0 radical (unpaired) electrons. The topological polar surface area (TPSA) is 29.1 Å². The average Bonchev–Trinajstić information content (AvgIpc) is 2.31. The van der Waals surface area contributed by atoms with Crippen LogP contribution in [0.4, 0.5) is 5.69 Å². The molecule has 0 aliphatic heterocycles. The van der Waals surface area contributed by atoms with Crippen LogP contribution in [0.5, 0.6) is 0 Å². The van der Waals surface area contributed by atoms with Crippen molar-refractivity contribution in [1.82, 2.24) is 0 Å². The van der Waals surface area contributed by atoms with Gasteiger partial charge in [-0.2, -0.15) is 0 Å². The first kappa shape index (κ1) is 12.6. The van der Waals surface area contributed by atoms with Crippen LogP contribution in [0, 0.1) is 0 Å². The molecule has 76 valence electrons. The number of benzene rings is 2. The second-order valence-electron chi connectivity index (χ2n) is 3.19. The van der Waals surface area contributed by atoms with Crippen molar-refractivity contribution >= 4 is 30.5 Å². The minimum absolute atomic E-state index is 0. The SMILES string of the molecule is O=C(Nc1ccccc1)c1ccccc1.[LiH]. The molecule has 16 heavy (non-hydrogen) atoms. The number of rotatable bonds is 2. The number of hydrogen-bond acceptors (Lipinski definition) is 1. The van der Waals surface area contributed by atoms with Crippen LogP contribution in [0.3, 0.4) is 0 Å². The second-order valence-corrected chi connectivity index (χ2v) is 3.19. The molecule has 0 saturated heterocycles. The first-order valence-corrected chi connectivity index (χ1v) is 4.78. The fraction of sp³-hybridized carbons (Fsp3) is 0. The van der Waals surface area contributed by atoms with Gasteiger partial charge in [-0.15, -0.1) is 0 Å². The van der Waals surface area contributed by atoms with Crippen LogP contribution in [0.25, 0.3) is 0 Å². The van der Waals surface area contributed by atoms with Crippen LogP contribution < -0.4 is 5.32 Å². The molecule has 0 aliphatic rings. The maximum atomic E-state index is 11.7. The molecule has 0 heterocycles. The average molecular weight is 205 g/mol. The number of amides is 1. The summed E-state index contributed by atoms with van der Waals surface area (Å²) in [7, 11) is 0. The molecule has 2 aromatic rings. The zero-order valence-corrected chi connectivity index (χ0v) is 8.18. The number of carbonyl (C=O) groups excluding carboxylic acids is 1. The number of hydrogen-bond donors (Lipinski definition) is 1. The first-order chi connectivity index (χ1) is 7.36. The van der Waals surface area contributed by atoms with Crippen molar-refractivity contribution in [1.29, 1.82) is 0 Å². The third kappa shape index (κ3) is 3.27. The van der Waals surface area contributed by atoms with E-state index in [0.717, 1.165) is 5.69 Å². The zero-order chi connectivity index (χ0) is 10.5. The Bertz CT molecular complexity index is 442. The normalized spacial score (nSPS) is 9.00. The summed E-state index contributed by atoms with van der Waals surface area (Å²) in [5, 5.41) is 2.82. The van der Waals surface area contributed by atoms with E-state index < -0.39 is 0 Å². The Hall–Kier alpha value is -1.49. The molecule has 0 aliphatic carbocycles. The molecule has 1 N–H and O–H groups in total. The summed E-state index contributed by atoms with van der Waals surface area (Å²) in [5.74, 6) is -0.0817. The Kier molecular flexibility index (Phi) is 4.85. The van der Waals surface area contributed by atoms with Crippen molar-refractivity contribution in [3.8, 4) is 0 Å². The first-order valence-electron chi connectivity index (χ1n) is 4.78. The molecule has 0 unspecified atom stereocenters. The Morgan fingerprint density at radius 1 is 0.812 bits per heavy atom. The van der Waals surface area contributed by atoms with Gasteiger partial charge in [0.05, 0.1) is 0 Å². The van der Waals surface area contributed by atoms with E-state index in [1.54, 1.807) is 12.1 Å². The standard InChI is InChI=1S/C13H11NO.Li.H/c15-13(11-7-3-1-4-8-11)14-12-9-5-2-6-10-12;;/h1-10H,(H,14,15);;. The number of anilines is 1. The van der Waals surface area contributed by atoms with Crippen LogP contribution in [0.15, 0.2) is 60.7 Å². The minimum atomic E-state index is -0.0817. The molecular formula is C13H12LiNO. The van der Waals surface area contributed by atoms with Gasteiger partial charge in [0.1, 0.15) is 0 Å². The molecule has 0 aromatic heterocycles. The summed E-state index contributed by atoms with van der Waals surface area (Å²) in [4.78, 5) is 11.7. The number of para-hydroxylation sites is 1. The van der Waals surface area contributed by atoms with Crippen LogP contribution in [-0.4, -0.2) is 24.8 Å². The molecule has 0 atom stereocenters. The Labute approximate surface area is 107 Å². The fourth-order valence-corrected chi connectivity index (χ4v) is 1.31. The quantitative estimate of drug-likeness (QED) is 0.749. The second kappa shape index (κ2) is 6.17. The molecule has 0 fully saturated rings. The summed E-state index contributed by atoms with van der Waals surface area (Å²) < 4.78 is 0. The predicted octanol–water partition coefficient (Wildman–Crippen LogP) is 2.29. The number of carbonyl (C=O) groups is 1. The van der Waals surface area contributed by atoms with E-state index in [1.165, 1.54) is 0 Å². The van der Waals surface area contributed by atoms with Gasteiger partial charge < -0.3 is 5.32 Å². The van der Waals surface area contributed by atoms with E-state index in [-0.39, 0.29) is 24.8 Å². The van der Waals surface area contributed by atoms with E-state index in [4.69, 9.17) is 0 Å². The van der Waals surface area contributed by atoms with Crippen LogP contribution >= 0.6 is 0 Å². The molecule has 2 rings (SSSR count). The van der Waals surface area contributed by atoms with Gasteiger partial charge in [0, 0.05) is 11.3 Å². The van der Waals surface area contributed by atoms with Gasteiger partial charge in [-0.25, -0.2) is 0 Å². The van der Waals surface area contributed by atoms with Crippen molar-refractivity contribution in [3.05, 3.63) is 66.2 Å². The molecule has 2 nitrogen and oxygen atoms in total. The maximum absolute atomic E-state index is 11.7. The monoisotopic (exact) mass is 205 g/mol. The van der Waals surface area contributed by atoms with Gasteiger partial charge in [0.2, 0.25) is 0 Å². The Balaban J connectivity index is 0.00000128. The van der Waals surface area contributed by atoms with Gasteiger partial charge in [-0.3, -0.25) is 4.79 Å². The number of nitrogens with one attached hydrogen (secondary N) is 1. The summed E-state index contributed by atoms with van der Waals surface area (Å²) in [6, 6.07) is 18.6. The van der Waals surface area contributed by atoms with Gasteiger partial charge in [0.15, 0.2) is 0 Å². The molecule has 3 heteroatoms. The summed E-state index contributed by atoms with van der Waals surface area (Å²) in [5.41, 5.74) is 1.48. The Morgan fingerprint density at radius 2 is 1.31 bits per heavy atom. The fourth-order valence-electron chi connectivity index (χ4n) is 1.31. The molecular weight excluding hydrogens is 193 g/mol. The van der Waals surface area contributed by atoms with Crippen molar-refractivity contribution < 1.29 is 4.79 Å². The van der Waals surface area contributed by atoms with Gasteiger partial charge in [-0.05, 0) is 24.3 Å². The molecule has 1 amide bonds. The third-order valence-corrected chi connectivity index (χ3v) is 2.07. The van der Waals surface area contributed by atoms with Gasteiger partial charge in [-0.1, -0.05) is 36.4 Å². The van der Waals surface area contributed by atoms with Gasteiger partial charge >= 0.3 is 18.9 Å². The van der Waals surface area contributed by atoms with E-state index in [9.17, 15) is 4.79 Å². The van der Waals surface area contributed by atoms with Crippen molar-refractivity contribution in [2.75, 3.05) is 5.32 Å². The molecule has 0 saturated carbocycles. The van der Waals surface area contributed by atoms with Crippen LogP contribution in [0.1, 0.15) is 10.4 Å². The van der Waals surface area contributed by atoms with Crippen LogP contribution in [0.2, 0.25) is 0 Å². The van der Waals surface area contributed by atoms with Gasteiger partial charge in [0.25, 0.3) is 5.91 Å². The molecule has 0 spiro atoms. The predicted molar refractivity (Wildman–Crippen MR) is 68.0 cm³/mol.